The topological polar surface area (TPSA) is 49.3 Å². The molecule has 1 saturated heterocycles. The molecular weight excluding hydrogens is 178 g/mol. The lowest BCUT2D eigenvalue weighted by Crippen LogP contribution is -2.44. The molecular formula is C11H19NO2. The van der Waals surface area contributed by atoms with Crippen molar-refractivity contribution in [1.29, 1.82) is 0 Å². The molecule has 80 valence electrons. The Morgan fingerprint density at radius 2 is 2.14 bits per heavy atom. The van der Waals surface area contributed by atoms with Crippen molar-refractivity contribution < 1.29 is 9.90 Å². The number of amides is 1. The lowest BCUT2D eigenvalue weighted by molar-refractivity contribution is -0.122. The Morgan fingerprint density at radius 3 is 2.57 bits per heavy atom. The summed E-state index contributed by atoms with van der Waals surface area (Å²) in [5.41, 5.74) is 0.0855. The van der Waals surface area contributed by atoms with Crippen LogP contribution < -0.4 is 5.32 Å². The third kappa shape index (κ3) is 1.65. The highest BCUT2D eigenvalue weighted by Gasteiger charge is 2.43. The van der Waals surface area contributed by atoms with Crippen molar-refractivity contribution in [3.63, 3.8) is 0 Å². The Bertz CT molecular complexity index is 231. The van der Waals surface area contributed by atoms with Crippen LogP contribution in [0.15, 0.2) is 0 Å². The van der Waals surface area contributed by atoms with Crippen LogP contribution in [-0.4, -0.2) is 23.2 Å². The summed E-state index contributed by atoms with van der Waals surface area (Å²) in [5, 5.41) is 12.2. The molecule has 2 N–H and O–H groups in total. The second kappa shape index (κ2) is 3.54. The summed E-state index contributed by atoms with van der Waals surface area (Å²) in [4.78, 5) is 11.4. The molecule has 1 heterocycles. The minimum atomic E-state index is 0.0855. The van der Waals surface area contributed by atoms with Gasteiger partial charge in [-0.15, -0.1) is 0 Å². The van der Waals surface area contributed by atoms with Crippen LogP contribution in [0.25, 0.3) is 0 Å². The second-order valence-electron chi connectivity index (χ2n) is 5.00. The van der Waals surface area contributed by atoms with E-state index in [1.165, 1.54) is 0 Å². The normalized spacial score (nSPS) is 42.9. The predicted molar refractivity (Wildman–Crippen MR) is 53.7 cm³/mol. The third-order valence-electron chi connectivity index (χ3n) is 3.85. The smallest absolute Gasteiger partial charge is 0.223 e. The average molecular weight is 197 g/mol. The van der Waals surface area contributed by atoms with E-state index in [-0.39, 0.29) is 17.4 Å². The molecule has 1 saturated carbocycles. The van der Waals surface area contributed by atoms with Gasteiger partial charge in [0.25, 0.3) is 0 Å². The number of aliphatic hydroxyl groups is 1. The van der Waals surface area contributed by atoms with E-state index in [4.69, 9.17) is 5.11 Å². The highest BCUT2D eigenvalue weighted by atomic mass is 16.3. The zero-order valence-corrected chi connectivity index (χ0v) is 8.75. The quantitative estimate of drug-likeness (QED) is 0.660. The van der Waals surface area contributed by atoms with Gasteiger partial charge < -0.3 is 10.4 Å². The van der Waals surface area contributed by atoms with Gasteiger partial charge >= 0.3 is 0 Å². The minimum absolute atomic E-state index is 0.0855. The maximum Gasteiger partial charge on any atom is 0.223 e. The molecule has 1 spiro atoms. The van der Waals surface area contributed by atoms with Gasteiger partial charge in [-0.3, -0.25) is 4.79 Å². The van der Waals surface area contributed by atoms with E-state index in [0.717, 1.165) is 32.1 Å². The van der Waals surface area contributed by atoms with Gasteiger partial charge in [0.2, 0.25) is 5.91 Å². The largest absolute Gasteiger partial charge is 0.396 e. The molecule has 1 unspecified atom stereocenters. The van der Waals surface area contributed by atoms with Crippen molar-refractivity contribution in [2.45, 2.75) is 44.6 Å². The first-order chi connectivity index (χ1) is 6.65. The second-order valence-corrected chi connectivity index (χ2v) is 5.00. The molecule has 1 aliphatic carbocycles. The first-order valence-electron chi connectivity index (χ1n) is 5.58. The number of carbonyl (C=O) groups excluding carboxylic acids is 1. The molecule has 2 rings (SSSR count). The maximum absolute atomic E-state index is 11.4. The first kappa shape index (κ1) is 9.97. The molecule has 1 amide bonds. The fourth-order valence-electron chi connectivity index (χ4n) is 2.86. The van der Waals surface area contributed by atoms with Gasteiger partial charge in [0, 0.05) is 18.1 Å². The molecule has 1 atom stereocenters. The van der Waals surface area contributed by atoms with E-state index < -0.39 is 0 Å². The van der Waals surface area contributed by atoms with Crippen LogP contribution in [0.4, 0.5) is 0 Å². The number of hydrogen-bond acceptors (Lipinski definition) is 2. The number of aliphatic hydroxyl groups excluding tert-OH is 1. The van der Waals surface area contributed by atoms with Crippen LogP contribution in [0.1, 0.15) is 39.0 Å². The van der Waals surface area contributed by atoms with E-state index in [1.807, 2.05) is 6.92 Å². The van der Waals surface area contributed by atoms with Crippen LogP contribution in [-0.2, 0) is 4.79 Å². The van der Waals surface area contributed by atoms with Crippen LogP contribution in [0.5, 0.6) is 0 Å². The zero-order chi connectivity index (χ0) is 10.2. The van der Waals surface area contributed by atoms with Gasteiger partial charge in [0.05, 0.1) is 0 Å². The SMILES string of the molecule is CC1CC2(CCC(CO)CC2)NC1=O. The first-order valence-corrected chi connectivity index (χ1v) is 5.58. The Kier molecular flexibility index (Phi) is 2.52. The molecule has 3 nitrogen and oxygen atoms in total. The minimum Gasteiger partial charge on any atom is -0.396 e. The summed E-state index contributed by atoms with van der Waals surface area (Å²) in [6.45, 7) is 2.31. The summed E-state index contributed by atoms with van der Waals surface area (Å²) in [6.07, 6.45) is 5.21. The molecule has 2 aliphatic rings. The number of hydrogen-bond donors (Lipinski definition) is 2. The Hall–Kier alpha value is -0.570. The Morgan fingerprint density at radius 1 is 1.50 bits per heavy atom. The van der Waals surface area contributed by atoms with Crippen LogP contribution in [0.2, 0.25) is 0 Å². The molecule has 0 bridgehead atoms. The van der Waals surface area contributed by atoms with Gasteiger partial charge in [0.15, 0.2) is 0 Å². The van der Waals surface area contributed by atoms with Crippen molar-refractivity contribution in [2.24, 2.45) is 11.8 Å². The summed E-state index contributed by atoms with van der Waals surface area (Å²) in [7, 11) is 0. The summed E-state index contributed by atoms with van der Waals surface area (Å²) < 4.78 is 0. The number of rotatable bonds is 1. The van der Waals surface area contributed by atoms with E-state index >= 15 is 0 Å². The van der Waals surface area contributed by atoms with Crippen LogP contribution >= 0.6 is 0 Å². The van der Waals surface area contributed by atoms with Gasteiger partial charge in [-0.2, -0.15) is 0 Å². The monoisotopic (exact) mass is 197 g/mol. The van der Waals surface area contributed by atoms with E-state index in [1.54, 1.807) is 0 Å². The van der Waals surface area contributed by atoms with Gasteiger partial charge in [0.1, 0.15) is 0 Å². The van der Waals surface area contributed by atoms with E-state index in [2.05, 4.69) is 5.32 Å². The van der Waals surface area contributed by atoms with E-state index in [9.17, 15) is 4.79 Å². The van der Waals surface area contributed by atoms with Gasteiger partial charge in [-0.05, 0) is 38.0 Å². The van der Waals surface area contributed by atoms with Crippen molar-refractivity contribution in [3.05, 3.63) is 0 Å². The van der Waals surface area contributed by atoms with Crippen molar-refractivity contribution in [2.75, 3.05) is 6.61 Å². The molecule has 3 heteroatoms. The molecule has 14 heavy (non-hydrogen) atoms. The summed E-state index contributed by atoms with van der Waals surface area (Å²) >= 11 is 0. The number of nitrogens with one attached hydrogen (secondary N) is 1. The van der Waals surface area contributed by atoms with Crippen molar-refractivity contribution in [1.82, 2.24) is 5.32 Å². The average Bonchev–Trinajstić information content (AvgIpc) is 2.44. The standard InChI is InChI=1S/C11H19NO2/c1-8-6-11(12-10(8)14)4-2-9(7-13)3-5-11/h8-9,13H,2-7H2,1H3,(H,12,14). The highest BCUT2D eigenvalue weighted by Crippen LogP contribution is 2.39. The molecule has 0 radical (unpaired) electrons. The summed E-state index contributed by atoms with van der Waals surface area (Å²) in [6, 6.07) is 0. The molecule has 0 aromatic carbocycles. The van der Waals surface area contributed by atoms with Crippen LogP contribution in [0.3, 0.4) is 0 Å². The maximum atomic E-state index is 11.4. The zero-order valence-electron chi connectivity index (χ0n) is 8.75. The lowest BCUT2D eigenvalue weighted by Gasteiger charge is -2.36. The molecule has 1 aliphatic heterocycles. The third-order valence-corrected chi connectivity index (χ3v) is 3.85. The van der Waals surface area contributed by atoms with Crippen LogP contribution in [0, 0.1) is 11.8 Å². The van der Waals surface area contributed by atoms with Gasteiger partial charge in [-0.1, -0.05) is 6.92 Å². The lowest BCUT2D eigenvalue weighted by atomic mass is 9.75. The Balaban J connectivity index is 1.97. The fourth-order valence-corrected chi connectivity index (χ4v) is 2.86. The summed E-state index contributed by atoms with van der Waals surface area (Å²) in [5.74, 6) is 0.863. The molecule has 0 aromatic heterocycles. The predicted octanol–water partition coefficient (Wildman–Crippen LogP) is 1.06. The molecule has 2 fully saturated rings. The van der Waals surface area contributed by atoms with E-state index in [0.29, 0.717) is 12.5 Å². The van der Waals surface area contributed by atoms with Gasteiger partial charge in [-0.25, -0.2) is 0 Å². The highest BCUT2D eigenvalue weighted by molar-refractivity contribution is 5.81. The van der Waals surface area contributed by atoms with Crippen molar-refractivity contribution in [3.8, 4) is 0 Å². The fraction of sp³-hybridized carbons (Fsp3) is 0.909. The van der Waals surface area contributed by atoms with Crippen molar-refractivity contribution >= 4 is 5.91 Å². The number of carbonyl (C=O) groups is 1. The molecule has 0 aromatic rings. The Labute approximate surface area is 84.9 Å².